The first kappa shape index (κ1) is 12.7. The molecule has 0 amide bonds. The summed E-state index contributed by atoms with van der Waals surface area (Å²) in [4.78, 5) is 7.63. The molecule has 6 heteroatoms. The topological polar surface area (TPSA) is 37.8 Å². The van der Waals surface area contributed by atoms with Gasteiger partial charge in [-0.25, -0.2) is 18.7 Å². The molecule has 0 radical (unpaired) electrons. The largest absolute Gasteiger partial charge is 0.363 e. The minimum absolute atomic E-state index is 0.0350. The summed E-state index contributed by atoms with van der Waals surface area (Å²) in [5.41, 5.74) is -0.0350. The molecular weight excluding hydrogens is 260 g/mol. The molecule has 0 bridgehead atoms. The van der Waals surface area contributed by atoms with Gasteiger partial charge in [0.1, 0.15) is 28.9 Å². The lowest BCUT2D eigenvalue weighted by molar-refractivity contribution is 0.544. The van der Waals surface area contributed by atoms with E-state index in [-0.39, 0.29) is 10.7 Å². The lowest BCUT2D eigenvalue weighted by Gasteiger charge is -2.16. The zero-order valence-corrected chi connectivity index (χ0v) is 10.2. The summed E-state index contributed by atoms with van der Waals surface area (Å²) in [6.45, 7) is 1.64. The van der Waals surface area contributed by atoms with Gasteiger partial charge in [0, 0.05) is 11.6 Å². The van der Waals surface area contributed by atoms with Crippen LogP contribution < -0.4 is 5.32 Å². The smallest absolute Gasteiger partial charge is 0.134 e. The Bertz CT molecular complexity index is 543. The van der Waals surface area contributed by atoms with Crippen LogP contribution in [0.2, 0.25) is 5.15 Å². The van der Waals surface area contributed by atoms with E-state index in [0.717, 1.165) is 0 Å². The maximum absolute atomic E-state index is 13.5. The van der Waals surface area contributed by atoms with Crippen molar-refractivity contribution in [3.8, 4) is 0 Å². The lowest BCUT2D eigenvalue weighted by atomic mass is 10.1. The van der Waals surface area contributed by atoms with Gasteiger partial charge in [-0.1, -0.05) is 17.7 Å². The molecule has 1 aromatic heterocycles. The van der Waals surface area contributed by atoms with Gasteiger partial charge < -0.3 is 5.32 Å². The van der Waals surface area contributed by atoms with Crippen LogP contribution in [0.15, 0.2) is 30.6 Å². The van der Waals surface area contributed by atoms with Crippen molar-refractivity contribution in [3.63, 3.8) is 0 Å². The Balaban J connectivity index is 2.25. The molecule has 0 aliphatic heterocycles. The summed E-state index contributed by atoms with van der Waals surface area (Å²) in [5.74, 6) is -0.796. The van der Waals surface area contributed by atoms with Gasteiger partial charge in [0.2, 0.25) is 0 Å². The van der Waals surface area contributed by atoms with Crippen molar-refractivity contribution in [1.82, 2.24) is 9.97 Å². The molecule has 94 valence electrons. The van der Waals surface area contributed by atoms with Gasteiger partial charge in [0.25, 0.3) is 0 Å². The van der Waals surface area contributed by atoms with Crippen molar-refractivity contribution in [2.75, 3.05) is 5.32 Å². The summed E-state index contributed by atoms with van der Waals surface area (Å²) in [7, 11) is 0. The van der Waals surface area contributed by atoms with Gasteiger partial charge in [-0.2, -0.15) is 0 Å². The Labute approximate surface area is 108 Å². The van der Waals surface area contributed by atoms with E-state index < -0.39 is 17.7 Å². The lowest BCUT2D eigenvalue weighted by Crippen LogP contribution is -2.11. The molecule has 1 N–H and O–H groups in total. The maximum Gasteiger partial charge on any atom is 0.134 e. The molecule has 0 saturated heterocycles. The number of hydrogen-bond donors (Lipinski definition) is 1. The molecule has 1 atom stereocenters. The molecule has 18 heavy (non-hydrogen) atoms. The Hall–Kier alpha value is -1.75. The Kier molecular flexibility index (Phi) is 3.72. The Morgan fingerprint density at radius 3 is 2.50 bits per heavy atom. The van der Waals surface area contributed by atoms with E-state index in [4.69, 9.17) is 11.6 Å². The Morgan fingerprint density at radius 1 is 1.22 bits per heavy atom. The fourth-order valence-corrected chi connectivity index (χ4v) is 1.78. The van der Waals surface area contributed by atoms with Gasteiger partial charge in [0.05, 0.1) is 6.04 Å². The monoisotopic (exact) mass is 269 g/mol. The number of halogens is 3. The maximum atomic E-state index is 13.5. The number of nitrogens with one attached hydrogen (secondary N) is 1. The van der Waals surface area contributed by atoms with E-state index in [1.807, 2.05) is 0 Å². The van der Waals surface area contributed by atoms with Crippen LogP contribution in [0.4, 0.5) is 14.6 Å². The summed E-state index contributed by atoms with van der Waals surface area (Å²) in [6.07, 6.45) is 1.27. The molecule has 0 spiro atoms. The SMILES string of the molecule is CC(Nc1cc(Cl)ncn1)c1c(F)cccc1F. The predicted octanol–water partition coefficient (Wildman–Crippen LogP) is 3.58. The summed E-state index contributed by atoms with van der Waals surface area (Å²) in [6, 6.07) is 4.66. The van der Waals surface area contributed by atoms with E-state index in [9.17, 15) is 8.78 Å². The van der Waals surface area contributed by atoms with Crippen LogP contribution in [0, 0.1) is 11.6 Å². The predicted molar refractivity (Wildman–Crippen MR) is 65.4 cm³/mol. The molecule has 2 rings (SSSR count). The number of hydrogen-bond acceptors (Lipinski definition) is 3. The first-order valence-corrected chi connectivity index (χ1v) is 5.63. The highest BCUT2D eigenvalue weighted by Crippen LogP contribution is 2.23. The van der Waals surface area contributed by atoms with Crippen LogP contribution in [0.1, 0.15) is 18.5 Å². The average molecular weight is 270 g/mol. The van der Waals surface area contributed by atoms with Gasteiger partial charge in [-0.3, -0.25) is 0 Å². The second-order valence-corrected chi connectivity index (χ2v) is 4.11. The van der Waals surface area contributed by atoms with Crippen molar-refractivity contribution in [1.29, 1.82) is 0 Å². The first-order valence-electron chi connectivity index (χ1n) is 5.26. The molecule has 1 aromatic carbocycles. The van der Waals surface area contributed by atoms with E-state index in [0.29, 0.717) is 5.82 Å². The van der Waals surface area contributed by atoms with Gasteiger partial charge in [0.15, 0.2) is 0 Å². The number of benzene rings is 1. The van der Waals surface area contributed by atoms with Crippen molar-refractivity contribution < 1.29 is 8.78 Å². The van der Waals surface area contributed by atoms with E-state index >= 15 is 0 Å². The third kappa shape index (κ3) is 2.73. The van der Waals surface area contributed by atoms with Crippen molar-refractivity contribution in [2.45, 2.75) is 13.0 Å². The molecule has 0 fully saturated rings. The zero-order valence-electron chi connectivity index (χ0n) is 9.49. The molecule has 0 aliphatic rings. The normalized spacial score (nSPS) is 12.2. The van der Waals surface area contributed by atoms with Crippen LogP contribution in [-0.4, -0.2) is 9.97 Å². The molecule has 0 aliphatic carbocycles. The van der Waals surface area contributed by atoms with Crippen molar-refractivity contribution >= 4 is 17.4 Å². The van der Waals surface area contributed by atoms with Crippen molar-refractivity contribution in [2.24, 2.45) is 0 Å². The number of anilines is 1. The van der Waals surface area contributed by atoms with Gasteiger partial charge in [-0.05, 0) is 19.1 Å². The van der Waals surface area contributed by atoms with Gasteiger partial charge >= 0.3 is 0 Å². The Morgan fingerprint density at radius 2 is 1.89 bits per heavy atom. The van der Waals surface area contributed by atoms with Crippen LogP contribution in [-0.2, 0) is 0 Å². The highest BCUT2D eigenvalue weighted by Gasteiger charge is 2.16. The molecule has 2 aromatic rings. The quantitative estimate of drug-likeness (QED) is 0.866. The van der Waals surface area contributed by atoms with Crippen molar-refractivity contribution in [3.05, 3.63) is 52.9 Å². The molecule has 1 unspecified atom stereocenters. The average Bonchev–Trinajstić information content (AvgIpc) is 2.28. The van der Waals surface area contributed by atoms with Crippen LogP contribution >= 0.6 is 11.6 Å². The number of rotatable bonds is 3. The molecule has 1 heterocycles. The summed E-state index contributed by atoms with van der Waals surface area (Å²) in [5, 5.41) is 3.12. The minimum atomic E-state index is -0.602. The summed E-state index contributed by atoms with van der Waals surface area (Å²) < 4.78 is 27.1. The van der Waals surface area contributed by atoms with Gasteiger partial charge in [-0.15, -0.1) is 0 Å². The van der Waals surface area contributed by atoms with E-state index in [2.05, 4.69) is 15.3 Å². The highest BCUT2D eigenvalue weighted by molar-refractivity contribution is 6.29. The second-order valence-electron chi connectivity index (χ2n) is 3.73. The van der Waals surface area contributed by atoms with Crippen LogP contribution in [0.3, 0.4) is 0 Å². The third-order valence-corrected chi connectivity index (χ3v) is 2.64. The molecule has 0 saturated carbocycles. The standard InChI is InChI=1S/C12H10ClF2N3/c1-7(12-8(14)3-2-4-9(12)15)18-11-5-10(13)16-6-17-11/h2-7H,1H3,(H,16,17,18). The fraction of sp³-hybridized carbons (Fsp3) is 0.167. The fourth-order valence-electron chi connectivity index (χ4n) is 1.63. The first-order chi connectivity index (χ1) is 8.58. The van der Waals surface area contributed by atoms with E-state index in [1.54, 1.807) is 6.92 Å². The molecular formula is C12H10ClF2N3. The van der Waals surface area contributed by atoms with E-state index in [1.165, 1.54) is 30.6 Å². The second kappa shape index (κ2) is 5.27. The van der Waals surface area contributed by atoms with Crippen LogP contribution in [0.5, 0.6) is 0 Å². The zero-order chi connectivity index (χ0) is 13.1. The number of nitrogens with zero attached hydrogens (tertiary/aromatic N) is 2. The number of aromatic nitrogens is 2. The highest BCUT2D eigenvalue weighted by atomic mass is 35.5. The van der Waals surface area contributed by atoms with Crippen LogP contribution in [0.25, 0.3) is 0 Å². The minimum Gasteiger partial charge on any atom is -0.363 e. The third-order valence-electron chi connectivity index (χ3n) is 2.43. The molecule has 3 nitrogen and oxygen atoms in total. The summed E-state index contributed by atoms with van der Waals surface area (Å²) >= 11 is 5.70.